The molecular formula is C19H23N3O2. The molecule has 5 heteroatoms. The van der Waals surface area contributed by atoms with Gasteiger partial charge in [0, 0.05) is 45.6 Å². The highest BCUT2D eigenvalue weighted by atomic mass is 16.2. The molecule has 3 rings (SSSR count). The molecule has 0 bridgehead atoms. The molecule has 2 aromatic rings. The number of benzene rings is 1. The first-order valence-electron chi connectivity index (χ1n) is 8.36. The van der Waals surface area contributed by atoms with Gasteiger partial charge in [-0.25, -0.2) is 0 Å². The van der Waals surface area contributed by atoms with E-state index in [4.69, 9.17) is 0 Å². The zero-order valence-corrected chi connectivity index (χ0v) is 14.0. The smallest absolute Gasteiger partial charge is 0.255 e. The summed E-state index contributed by atoms with van der Waals surface area (Å²) in [6.07, 6.45) is 4.96. The summed E-state index contributed by atoms with van der Waals surface area (Å²) in [6.45, 7) is 2.60. The Morgan fingerprint density at radius 1 is 0.958 bits per heavy atom. The lowest BCUT2D eigenvalue weighted by Gasteiger charge is -2.22. The number of carbonyl (C=O) groups excluding carboxylic acids is 2. The topological polar surface area (TPSA) is 45.6 Å². The maximum atomic E-state index is 12.5. The van der Waals surface area contributed by atoms with Crippen molar-refractivity contribution in [2.75, 3.05) is 26.2 Å². The van der Waals surface area contributed by atoms with Crippen LogP contribution in [0.15, 0.2) is 48.8 Å². The number of hydrogen-bond acceptors (Lipinski definition) is 2. The minimum Gasteiger partial charge on any atom is -0.356 e. The molecule has 0 aliphatic carbocycles. The number of hydrogen-bond donors (Lipinski definition) is 0. The molecule has 0 N–H and O–H groups in total. The van der Waals surface area contributed by atoms with E-state index in [0.717, 1.165) is 12.0 Å². The van der Waals surface area contributed by atoms with E-state index in [9.17, 15) is 9.59 Å². The molecule has 0 atom stereocenters. The maximum Gasteiger partial charge on any atom is 0.255 e. The molecule has 1 aliphatic heterocycles. The van der Waals surface area contributed by atoms with Gasteiger partial charge in [-0.05, 0) is 18.1 Å². The first-order valence-corrected chi connectivity index (χ1v) is 8.36. The minimum absolute atomic E-state index is 0.0490. The summed E-state index contributed by atoms with van der Waals surface area (Å²) in [5, 5.41) is 0. The summed E-state index contributed by atoms with van der Waals surface area (Å²) in [5.74, 6) is 0.183. The molecule has 1 fully saturated rings. The largest absolute Gasteiger partial charge is 0.356 e. The van der Waals surface area contributed by atoms with Crippen LogP contribution in [0.5, 0.6) is 0 Å². The molecule has 126 valence electrons. The van der Waals surface area contributed by atoms with E-state index >= 15 is 0 Å². The van der Waals surface area contributed by atoms with Crippen LogP contribution in [0.3, 0.4) is 0 Å². The summed E-state index contributed by atoms with van der Waals surface area (Å²) in [7, 11) is 1.91. The van der Waals surface area contributed by atoms with Gasteiger partial charge < -0.3 is 14.4 Å². The van der Waals surface area contributed by atoms with Gasteiger partial charge in [0.15, 0.2) is 0 Å². The van der Waals surface area contributed by atoms with E-state index in [-0.39, 0.29) is 11.8 Å². The Balaban J connectivity index is 1.58. The van der Waals surface area contributed by atoms with Crippen molar-refractivity contribution in [1.82, 2.24) is 14.4 Å². The van der Waals surface area contributed by atoms with E-state index in [2.05, 4.69) is 0 Å². The van der Waals surface area contributed by atoms with Gasteiger partial charge in [-0.2, -0.15) is 0 Å². The van der Waals surface area contributed by atoms with Crippen LogP contribution in [0, 0.1) is 0 Å². The predicted molar refractivity (Wildman–Crippen MR) is 92.7 cm³/mol. The Labute approximate surface area is 142 Å². The van der Waals surface area contributed by atoms with Crippen molar-refractivity contribution in [3.63, 3.8) is 0 Å². The van der Waals surface area contributed by atoms with E-state index in [1.807, 2.05) is 70.2 Å². The van der Waals surface area contributed by atoms with Gasteiger partial charge in [-0.1, -0.05) is 30.3 Å². The van der Waals surface area contributed by atoms with Crippen molar-refractivity contribution >= 4 is 11.8 Å². The van der Waals surface area contributed by atoms with E-state index in [1.165, 1.54) is 0 Å². The standard InChI is InChI=1S/C19H23N3O2/c1-20-11-8-17(15-20)19(24)22-10-5-9-21(12-13-22)18(23)14-16-6-3-2-4-7-16/h2-4,6-8,11,15H,5,9-10,12-14H2,1H3. The number of nitrogens with zero attached hydrogens (tertiary/aromatic N) is 3. The van der Waals surface area contributed by atoms with Gasteiger partial charge in [0.05, 0.1) is 12.0 Å². The highest BCUT2D eigenvalue weighted by Gasteiger charge is 2.23. The number of rotatable bonds is 3. The molecule has 24 heavy (non-hydrogen) atoms. The van der Waals surface area contributed by atoms with Crippen LogP contribution < -0.4 is 0 Å². The molecule has 0 unspecified atom stereocenters. The normalized spacial score (nSPS) is 15.2. The maximum absolute atomic E-state index is 12.5. The molecule has 1 aromatic carbocycles. The average Bonchev–Trinajstić information content (AvgIpc) is 2.87. The summed E-state index contributed by atoms with van der Waals surface area (Å²) in [4.78, 5) is 28.8. The molecule has 0 saturated carbocycles. The highest BCUT2D eigenvalue weighted by molar-refractivity contribution is 5.94. The van der Waals surface area contributed by atoms with Crippen molar-refractivity contribution in [2.24, 2.45) is 7.05 Å². The first kappa shape index (κ1) is 16.3. The Morgan fingerprint density at radius 3 is 2.38 bits per heavy atom. The van der Waals surface area contributed by atoms with Crippen molar-refractivity contribution in [1.29, 1.82) is 0 Å². The van der Waals surface area contributed by atoms with Gasteiger partial charge >= 0.3 is 0 Å². The fourth-order valence-corrected chi connectivity index (χ4v) is 3.06. The molecule has 5 nitrogen and oxygen atoms in total. The molecule has 1 saturated heterocycles. The second kappa shape index (κ2) is 7.34. The lowest BCUT2D eigenvalue weighted by atomic mass is 10.1. The fraction of sp³-hybridized carbons (Fsp3) is 0.368. The zero-order valence-electron chi connectivity index (χ0n) is 14.0. The minimum atomic E-state index is 0.0490. The lowest BCUT2D eigenvalue weighted by Crippen LogP contribution is -2.37. The Kier molecular flexibility index (Phi) is 4.99. The SMILES string of the molecule is Cn1ccc(C(=O)N2CCCN(C(=O)Cc3ccccc3)CC2)c1. The van der Waals surface area contributed by atoms with Crippen molar-refractivity contribution in [2.45, 2.75) is 12.8 Å². The van der Waals surface area contributed by atoms with Crippen molar-refractivity contribution in [3.05, 3.63) is 59.9 Å². The van der Waals surface area contributed by atoms with E-state index < -0.39 is 0 Å². The molecule has 1 aromatic heterocycles. The molecule has 0 radical (unpaired) electrons. The summed E-state index contributed by atoms with van der Waals surface area (Å²) in [5.41, 5.74) is 1.74. The summed E-state index contributed by atoms with van der Waals surface area (Å²) in [6, 6.07) is 11.6. The van der Waals surface area contributed by atoms with Crippen LogP contribution in [0.2, 0.25) is 0 Å². The van der Waals surface area contributed by atoms with Gasteiger partial charge in [0.1, 0.15) is 0 Å². The summed E-state index contributed by atoms with van der Waals surface area (Å²) < 4.78 is 1.88. The molecule has 2 heterocycles. The highest BCUT2D eigenvalue weighted by Crippen LogP contribution is 2.11. The van der Waals surface area contributed by atoms with Gasteiger partial charge in [-0.3, -0.25) is 9.59 Å². The first-order chi connectivity index (χ1) is 11.6. The fourth-order valence-electron chi connectivity index (χ4n) is 3.06. The van der Waals surface area contributed by atoms with Crippen molar-refractivity contribution in [3.8, 4) is 0 Å². The predicted octanol–water partition coefficient (Wildman–Crippen LogP) is 1.94. The van der Waals surface area contributed by atoms with E-state index in [0.29, 0.717) is 38.2 Å². The second-order valence-electron chi connectivity index (χ2n) is 6.25. The average molecular weight is 325 g/mol. The summed E-state index contributed by atoms with van der Waals surface area (Å²) >= 11 is 0. The monoisotopic (exact) mass is 325 g/mol. The number of aromatic nitrogens is 1. The third kappa shape index (κ3) is 3.85. The molecule has 2 amide bonds. The van der Waals surface area contributed by atoms with Gasteiger partial charge in [0.25, 0.3) is 5.91 Å². The number of aryl methyl sites for hydroxylation is 1. The second-order valence-corrected chi connectivity index (χ2v) is 6.25. The molecule has 0 spiro atoms. The third-order valence-corrected chi connectivity index (χ3v) is 4.41. The molecular weight excluding hydrogens is 302 g/mol. The third-order valence-electron chi connectivity index (χ3n) is 4.41. The Morgan fingerprint density at radius 2 is 1.67 bits per heavy atom. The Hall–Kier alpha value is -2.56. The quantitative estimate of drug-likeness (QED) is 0.866. The lowest BCUT2D eigenvalue weighted by molar-refractivity contribution is -0.130. The zero-order chi connectivity index (χ0) is 16.9. The Bertz CT molecular complexity index is 708. The van der Waals surface area contributed by atoms with Crippen LogP contribution in [-0.2, 0) is 18.3 Å². The van der Waals surface area contributed by atoms with Crippen LogP contribution in [0.4, 0.5) is 0 Å². The van der Waals surface area contributed by atoms with Gasteiger partial charge in [0.2, 0.25) is 5.91 Å². The van der Waals surface area contributed by atoms with Gasteiger partial charge in [-0.15, -0.1) is 0 Å². The van der Waals surface area contributed by atoms with Crippen LogP contribution in [0.1, 0.15) is 22.3 Å². The van der Waals surface area contributed by atoms with Crippen LogP contribution in [-0.4, -0.2) is 52.4 Å². The number of carbonyl (C=O) groups is 2. The molecule has 1 aliphatic rings. The van der Waals surface area contributed by atoms with Crippen molar-refractivity contribution < 1.29 is 9.59 Å². The van der Waals surface area contributed by atoms with Crippen LogP contribution in [0.25, 0.3) is 0 Å². The van der Waals surface area contributed by atoms with E-state index in [1.54, 1.807) is 0 Å². The number of amides is 2. The van der Waals surface area contributed by atoms with Crippen LogP contribution >= 0.6 is 0 Å².